The molecule has 0 bridgehead atoms. The van der Waals surface area contributed by atoms with Crippen LogP contribution in [-0.2, 0) is 6.54 Å². The van der Waals surface area contributed by atoms with E-state index in [2.05, 4.69) is 78.7 Å². The Morgan fingerprint density at radius 2 is 2.08 bits per heavy atom. The normalized spacial score (nSPS) is 19.7. The molecule has 0 spiro atoms. The Labute approximate surface area is 159 Å². The van der Waals surface area contributed by atoms with Crippen LogP contribution in [0.3, 0.4) is 0 Å². The van der Waals surface area contributed by atoms with Crippen molar-refractivity contribution in [3.8, 4) is 0 Å². The van der Waals surface area contributed by atoms with Crippen LogP contribution in [0.25, 0.3) is 0 Å². The van der Waals surface area contributed by atoms with E-state index in [4.69, 9.17) is 4.99 Å². The van der Waals surface area contributed by atoms with Gasteiger partial charge in [-0.3, -0.25) is 9.89 Å². The summed E-state index contributed by atoms with van der Waals surface area (Å²) in [4.78, 5) is 9.60. The molecule has 0 aromatic heterocycles. The minimum absolute atomic E-state index is 0.522. The van der Waals surface area contributed by atoms with Gasteiger partial charge in [0.25, 0.3) is 0 Å². The van der Waals surface area contributed by atoms with Gasteiger partial charge in [0, 0.05) is 38.8 Å². The van der Waals surface area contributed by atoms with Crippen LogP contribution < -0.4 is 10.6 Å². The molecule has 2 N–H and O–H groups in total. The fourth-order valence-electron chi connectivity index (χ4n) is 3.38. The molecule has 2 rings (SSSR count). The SMILES string of the molecule is CCNC(=NCC1CCN(C)C1)NCCC(C)N(C)Cc1ccccc1. The number of nitrogens with zero attached hydrogens (tertiary/aromatic N) is 3. The molecule has 26 heavy (non-hydrogen) atoms. The summed E-state index contributed by atoms with van der Waals surface area (Å²) in [6, 6.07) is 11.2. The van der Waals surface area contributed by atoms with E-state index in [1.807, 2.05) is 0 Å². The maximum Gasteiger partial charge on any atom is 0.191 e. The average molecular weight is 360 g/mol. The topological polar surface area (TPSA) is 42.9 Å². The lowest BCUT2D eigenvalue weighted by Crippen LogP contribution is -2.40. The van der Waals surface area contributed by atoms with Gasteiger partial charge in [-0.15, -0.1) is 0 Å². The largest absolute Gasteiger partial charge is 0.357 e. The number of guanidine groups is 1. The van der Waals surface area contributed by atoms with Crippen molar-refractivity contribution in [1.82, 2.24) is 20.4 Å². The van der Waals surface area contributed by atoms with Crippen LogP contribution in [0.5, 0.6) is 0 Å². The molecular formula is C21H37N5. The first-order valence-corrected chi connectivity index (χ1v) is 10.0. The second kappa shape index (κ2) is 11.2. The minimum atomic E-state index is 0.522. The van der Waals surface area contributed by atoms with Crippen molar-refractivity contribution < 1.29 is 0 Å². The van der Waals surface area contributed by atoms with Crippen LogP contribution in [0.4, 0.5) is 0 Å². The lowest BCUT2D eigenvalue weighted by Gasteiger charge is -2.25. The van der Waals surface area contributed by atoms with Crippen LogP contribution in [-0.4, -0.2) is 68.6 Å². The van der Waals surface area contributed by atoms with Crippen LogP contribution in [0.1, 0.15) is 32.3 Å². The third-order valence-corrected chi connectivity index (χ3v) is 5.22. The minimum Gasteiger partial charge on any atom is -0.357 e. The van der Waals surface area contributed by atoms with Crippen LogP contribution in [0, 0.1) is 5.92 Å². The Morgan fingerprint density at radius 3 is 2.73 bits per heavy atom. The Morgan fingerprint density at radius 1 is 1.31 bits per heavy atom. The van der Waals surface area contributed by atoms with Gasteiger partial charge in [-0.2, -0.15) is 0 Å². The molecule has 5 nitrogen and oxygen atoms in total. The van der Waals surface area contributed by atoms with Gasteiger partial charge in [-0.25, -0.2) is 0 Å². The van der Waals surface area contributed by atoms with Gasteiger partial charge in [0.15, 0.2) is 5.96 Å². The van der Waals surface area contributed by atoms with E-state index in [1.54, 1.807) is 0 Å². The summed E-state index contributed by atoms with van der Waals surface area (Å²) in [6.45, 7) is 10.5. The Hall–Kier alpha value is -1.59. The molecule has 5 heteroatoms. The number of hydrogen-bond donors (Lipinski definition) is 2. The maximum absolute atomic E-state index is 4.79. The van der Waals surface area contributed by atoms with E-state index in [0.29, 0.717) is 12.0 Å². The predicted octanol–water partition coefficient (Wildman–Crippen LogP) is 2.40. The molecule has 1 aliphatic rings. The van der Waals surface area contributed by atoms with E-state index >= 15 is 0 Å². The van der Waals surface area contributed by atoms with Crippen molar-refractivity contribution in [3.63, 3.8) is 0 Å². The highest BCUT2D eigenvalue weighted by molar-refractivity contribution is 5.79. The van der Waals surface area contributed by atoms with Gasteiger partial charge >= 0.3 is 0 Å². The summed E-state index contributed by atoms with van der Waals surface area (Å²) in [5.74, 6) is 1.66. The lowest BCUT2D eigenvalue weighted by atomic mass is 10.1. The molecule has 0 saturated carbocycles. The quantitative estimate of drug-likeness (QED) is 0.525. The standard InChI is InChI=1S/C21H37N5/c1-5-22-21(24-15-20-12-14-25(3)16-20)23-13-11-18(2)26(4)17-19-9-7-6-8-10-19/h6-10,18,20H,5,11-17H2,1-4H3,(H2,22,23,24). The number of likely N-dealkylation sites (tertiary alicyclic amines) is 1. The molecule has 1 aliphatic heterocycles. The second-order valence-electron chi connectivity index (χ2n) is 7.60. The molecule has 0 amide bonds. The van der Waals surface area contributed by atoms with Crippen LogP contribution in [0.15, 0.2) is 35.3 Å². The molecule has 1 aromatic carbocycles. The molecular weight excluding hydrogens is 322 g/mol. The Balaban J connectivity index is 1.72. The number of benzene rings is 1. The molecule has 2 unspecified atom stereocenters. The number of hydrogen-bond acceptors (Lipinski definition) is 3. The van der Waals surface area contributed by atoms with Crippen molar-refractivity contribution in [3.05, 3.63) is 35.9 Å². The third-order valence-electron chi connectivity index (χ3n) is 5.22. The van der Waals surface area contributed by atoms with Crippen molar-refractivity contribution in [2.45, 2.75) is 39.3 Å². The number of aliphatic imine (C=N–C) groups is 1. The predicted molar refractivity (Wildman–Crippen MR) is 112 cm³/mol. The summed E-state index contributed by atoms with van der Waals surface area (Å²) in [6.07, 6.45) is 2.36. The van der Waals surface area contributed by atoms with Gasteiger partial charge in [0.05, 0.1) is 0 Å². The Kier molecular flexibility index (Phi) is 8.92. The van der Waals surface area contributed by atoms with Crippen LogP contribution in [0.2, 0.25) is 0 Å². The first-order chi connectivity index (χ1) is 12.6. The third kappa shape index (κ3) is 7.34. The van der Waals surface area contributed by atoms with Crippen molar-refractivity contribution >= 4 is 5.96 Å². The van der Waals surface area contributed by atoms with Gasteiger partial charge in [0.1, 0.15) is 0 Å². The van der Waals surface area contributed by atoms with Gasteiger partial charge < -0.3 is 15.5 Å². The smallest absolute Gasteiger partial charge is 0.191 e. The zero-order valence-electron chi connectivity index (χ0n) is 17.0. The average Bonchev–Trinajstić information content (AvgIpc) is 3.05. The lowest BCUT2D eigenvalue weighted by molar-refractivity contribution is 0.238. The van der Waals surface area contributed by atoms with Gasteiger partial charge in [-0.1, -0.05) is 30.3 Å². The maximum atomic E-state index is 4.79. The van der Waals surface area contributed by atoms with E-state index in [-0.39, 0.29) is 0 Å². The van der Waals surface area contributed by atoms with Crippen molar-refractivity contribution in [2.75, 3.05) is 46.8 Å². The fourth-order valence-corrected chi connectivity index (χ4v) is 3.38. The highest BCUT2D eigenvalue weighted by Gasteiger charge is 2.19. The first-order valence-electron chi connectivity index (χ1n) is 10.0. The van der Waals surface area contributed by atoms with Gasteiger partial charge in [-0.05, 0) is 58.8 Å². The van der Waals surface area contributed by atoms with Crippen molar-refractivity contribution in [2.24, 2.45) is 10.9 Å². The number of rotatable bonds is 9. The molecule has 0 radical (unpaired) electrons. The number of nitrogens with one attached hydrogen (secondary N) is 2. The summed E-state index contributed by atoms with van der Waals surface area (Å²) in [5.41, 5.74) is 1.37. The fraction of sp³-hybridized carbons (Fsp3) is 0.667. The first kappa shape index (κ1) is 20.7. The summed E-state index contributed by atoms with van der Waals surface area (Å²) < 4.78 is 0. The molecule has 1 saturated heterocycles. The van der Waals surface area contributed by atoms with E-state index < -0.39 is 0 Å². The van der Waals surface area contributed by atoms with Crippen LogP contribution >= 0.6 is 0 Å². The molecule has 146 valence electrons. The molecule has 0 aliphatic carbocycles. The van der Waals surface area contributed by atoms with Crippen molar-refractivity contribution in [1.29, 1.82) is 0 Å². The second-order valence-corrected chi connectivity index (χ2v) is 7.60. The van der Waals surface area contributed by atoms with Gasteiger partial charge in [0.2, 0.25) is 0 Å². The summed E-state index contributed by atoms with van der Waals surface area (Å²) >= 11 is 0. The zero-order chi connectivity index (χ0) is 18.8. The molecule has 1 aromatic rings. The summed E-state index contributed by atoms with van der Waals surface area (Å²) in [5, 5.41) is 6.88. The Bertz CT molecular complexity index is 530. The zero-order valence-corrected chi connectivity index (χ0v) is 17.0. The van der Waals surface area contributed by atoms with E-state index in [1.165, 1.54) is 25.1 Å². The molecule has 1 fully saturated rings. The van der Waals surface area contributed by atoms with E-state index in [9.17, 15) is 0 Å². The molecule has 1 heterocycles. The highest BCUT2D eigenvalue weighted by atomic mass is 15.2. The summed E-state index contributed by atoms with van der Waals surface area (Å²) in [7, 11) is 4.40. The highest BCUT2D eigenvalue weighted by Crippen LogP contribution is 2.14. The molecule has 2 atom stereocenters. The van der Waals surface area contributed by atoms with E-state index in [0.717, 1.165) is 38.6 Å². The monoisotopic (exact) mass is 359 g/mol.